The molecule has 0 unspecified atom stereocenters. The van der Waals surface area contributed by atoms with Crippen molar-refractivity contribution >= 4 is 22.4 Å². The lowest BCUT2D eigenvalue weighted by Crippen LogP contribution is -1.90. The van der Waals surface area contributed by atoms with Gasteiger partial charge in [-0.05, 0) is 42.0 Å². The fourth-order valence-corrected chi connectivity index (χ4v) is 1.63. The monoisotopic (exact) mass is 206 g/mol. The Morgan fingerprint density at radius 2 is 1.79 bits per heavy atom. The van der Waals surface area contributed by atoms with Crippen LogP contribution in [0.1, 0.15) is 6.92 Å². The summed E-state index contributed by atoms with van der Waals surface area (Å²) in [5, 5.41) is 3.06. The average molecular weight is 207 g/mol. The fourth-order valence-electron chi connectivity index (χ4n) is 1.45. The molecule has 0 saturated carbocycles. The summed E-state index contributed by atoms with van der Waals surface area (Å²) in [7, 11) is 0. The van der Waals surface area contributed by atoms with E-state index in [0.29, 0.717) is 6.61 Å². The molecule has 0 atom stereocenters. The largest absolute Gasteiger partial charge is 0.494 e. The Balaban J connectivity index is 2.50. The van der Waals surface area contributed by atoms with Crippen LogP contribution in [-0.2, 0) is 0 Å². The minimum Gasteiger partial charge on any atom is -0.494 e. The molecular formula is C12H11ClO. The van der Waals surface area contributed by atoms with Crippen LogP contribution >= 0.6 is 11.6 Å². The minimum absolute atomic E-state index is 0.694. The van der Waals surface area contributed by atoms with Gasteiger partial charge in [0.25, 0.3) is 0 Å². The molecule has 72 valence electrons. The first kappa shape index (κ1) is 9.35. The molecule has 0 aliphatic heterocycles. The smallest absolute Gasteiger partial charge is 0.119 e. The van der Waals surface area contributed by atoms with Crippen molar-refractivity contribution in [3.8, 4) is 5.75 Å². The van der Waals surface area contributed by atoms with Crippen molar-refractivity contribution in [1.29, 1.82) is 0 Å². The van der Waals surface area contributed by atoms with E-state index in [4.69, 9.17) is 16.3 Å². The van der Waals surface area contributed by atoms with Gasteiger partial charge in [-0.15, -0.1) is 0 Å². The van der Waals surface area contributed by atoms with Crippen molar-refractivity contribution in [2.75, 3.05) is 6.61 Å². The molecule has 2 heteroatoms. The molecule has 0 N–H and O–H groups in total. The van der Waals surface area contributed by atoms with E-state index in [-0.39, 0.29) is 0 Å². The summed E-state index contributed by atoms with van der Waals surface area (Å²) >= 11 is 5.89. The van der Waals surface area contributed by atoms with Gasteiger partial charge in [0.1, 0.15) is 5.75 Å². The van der Waals surface area contributed by atoms with E-state index in [1.54, 1.807) is 0 Å². The quantitative estimate of drug-likeness (QED) is 0.725. The Bertz CT molecular complexity index is 451. The Morgan fingerprint density at radius 1 is 1.07 bits per heavy atom. The molecule has 0 radical (unpaired) electrons. The van der Waals surface area contributed by atoms with Crippen LogP contribution in [0, 0.1) is 0 Å². The third-order valence-electron chi connectivity index (χ3n) is 2.08. The molecule has 0 aromatic heterocycles. The third kappa shape index (κ3) is 1.83. The van der Waals surface area contributed by atoms with E-state index in [9.17, 15) is 0 Å². The van der Waals surface area contributed by atoms with Crippen molar-refractivity contribution in [2.45, 2.75) is 6.92 Å². The van der Waals surface area contributed by atoms with E-state index >= 15 is 0 Å². The molecule has 1 nitrogen and oxygen atoms in total. The Hall–Kier alpha value is -1.21. The van der Waals surface area contributed by atoms with Gasteiger partial charge < -0.3 is 4.74 Å². The van der Waals surface area contributed by atoms with E-state index in [1.807, 2.05) is 43.3 Å². The van der Waals surface area contributed by atoms with Gasteiger partial charge in [-0.2, -0.15) is 0 Å². The summed E-state index contributed by atoms with van der Waals surface area (Å²) in [4.78, 5) is 0. The van der Waals surface area contributed by atoms with Crippen LogP contribution < -0.4 is 4.74 Å². The Kier molecular flexibility index (Phi) is 2.60. The molecule has 0 aliphatic carbocycles. The highest BCUT2D eigenvalue weighted by atomic mass is 35.5. The fraction of sp³-hybridized carbons (Fsp3) is 0.167. The maximum Gasteiger partial charge on any atom is 0.119 e. The van der Waals surface area contributed by atoms with Gasteiger partial charge in [0.2, 0.25) is 0 Å². The van der Waals surface area contributed by atoms with Gasteiger partial charge in [-0.25, -0.2) is 0 Å². The van der Waals surface area contributed by atoms with Gasteiger partial charge >= 0.3 is 0 Å². The number of hydrogen-bond donors (Lipinski definition) is 0. The van der Waals surface area contributed by atoms with Crippen molar-refractivity contribution in [1.82, 2.24) is 0 Å². The zero-order valence-electron chi connectivity index (χ0n) is 7.96. The molecule has 14 heavy (non-hydrogen) atoms. The van der Waals surface area contributed by atoms with Gasteiger partial charge in [0.05, 0.1) is 6.61 Å². The first-order valence-electron chi connectivity index (χ1n) is 4.61. The SMILES string of the molecule is CCOc1ccc2cc(Cl)ccc2c1. The highest BCUT2D eigenvalue weighted by Gasteiger charge is 1.97. The molecule has 2 aromatic rings. The van der Waals surface area contributed by atoms with Gasteiger partial charge in [-0.3, -0.25) is 0 Å². The van der Waals surface area contributed by atoms with Crippen LogP contribution in [0.25, 0.3) is 10.8 Å². The molecular weight excluding hydrogens is 196 g/mol. The second-order valence-corrected chi connectivity index (χ2v) is 3.52. The molecule has 0 bridgehead atoms. The number of rotatable bonds is 2. The zero-order chi connectivity index (χ0) is 9.97. The second-order valence-electron chi connectivity index (χ2n) is 3.09. The number of hydrogen-bond acceptors (Lipinski definition) is 1. The van der Waals surface area contributed by atoms with E-state index < -0.39 is 0 Å². The van der Waals surface area contributed by atoms with Crippen LogP contribution in [-0.4, -0.2) is 6.61 Å². The summed E-state index contributed by atoms with van der Waals surface area (Å²) in [5.41, 5.74) is 0. The number of halogens is 1. The predicted octanol–water partition coefficient (Wildman–Crippen LogP) is 3.89. The number of benzene rings is 2. The van der Waals surface area contributed by atoms with Crippen LogP contribution in [0.2, 0.25) is 5.02 Å². The zero-order valence-corrected chi connectivity index (χ0v) is 8.71. The normalized spacial score (nSPS) is 10.4. The first-order valence-corrected chi connectivity index (χ1v) is 4.99. The topological polar surface area (TPSA) is 9.23 Å². The summed E-state index contributed by atoms with van der Waals surface area (Å²) in [6.45, 7) is 2.67. The maximum absolute atomic E-state index is 5.89. The molecule has 0 amide bonds. The van der Waals surface area contributed by atoms with Crippen LogP contribution in [0.4, 0.5) is 0 Å². The molecule has 2 aromatic carbocycles. The summed E-state index contributed by atoms with van der Waals surface area (Å²) in [6.07, 6.45) is 0. The highest BCUT2D eigenvalue weighted by molar-refractivity contribution is 6.31. The third-order valence-corrected chi connectivity index (χ3v) is 2.32. The number of fused-ring (bicyclic) bond motifs is 1. The van der Waals surface area contributed by atoms with Crippen molar-refractivity contribution in [2.24, 2.45) is 0 Å². The maximum atomic E-state index is 5.89. The minimum atomic E-state index is 0.694. The second kappa shape index (κ2) is 3.89. The Morgan fingerprint density at radius 3 is 2.57 bits per heavy atom. The standard InChI is InChI=1S/C12H11ClO/c1-2-14-12-6-4-9-7-11(13)5-3-10(9)8-12/h3-8H,2H2,1H3. The number of ether oxygens (including phenoxy) is 1. The van der Waals surface area contributed by atoms with Crippen molar-refractivity contribution in [3.63, 3.8) is 0 Å². The predicted molar refractivity (Wildman–Crippen MR) is 60.1 cm³/mol. The molecule has 0 aliphatic rings. The first-order chi connectivity index (χ1) is 6.79. The van der Waals surface area contributed by atoms with E-state index in [2.05, 4.69) is 0 Å². The van der Waals surface area contributed by atoms with Crippen LogP contribution in [0.5, 0.6) is 5.75 Å². The molecule has 0 fully saturated rings. The lowest BCUT2D eigenvalue weighted by molar-refractivity contribution is 0.341. The van der Waals surface area contributed by atoms with Gasteiger partial charge in [-0.1, -0.05) is 23.7 Å². The van der Waals surface area contributed by atoms with E-state index in [1.165, 1.54) is 0 Å². The highest BCUT2D eigenvalue weighted by Crippen LogP contribution is 2.23. The van der Waals surface area contributed by atoms with Gasteiger partial charge in [0, 0.05) is 5.02 Å². The van der Waals surface area contributed by atoms with E-state index in [0.717, 1.165) is 21.5 Å². The molecule has 0 saturated heterocycles. The van der Waals surface area contributed by atoms with Crippen molar-refractivity contribution < 1.29 is 4.74 Å². The van der Waals surface area contributed by atoms with Crippen molar-refractivity contribution in [3.05, 3.63) is 41.4 Å². The van der Waals surface area contributed by atoms with Gasteiger partial charge in [0.15, 0.2) is 0 Å². The average Bonchev–Trinajstić information content (AvgIpc) is 2.19. The lowest BCUT2D eigenvalue weighted by atomic mass is 10.1. The summed E-state index contributed by atoms with van der Waals surface area (Å²) < 4.78 is 5.41. The summed E-state index contributed by atoms with van der Waals surface area (Å²) in [5.74, 6) is 0.905. The molecule has 2 rings (SSSR count). The Labute approximate surface area is 88.3 Å². The van der Waals surface area contributed by atoms with Crippen LogP contribution in [0.15, 0.2) is 36.4 Å². The molecule has 0 heterocycles. The lowest BCUT2D eigenvalue weighted by Gasteiger charge is -2.04. The summed E-state index contributed by atoms with van der Waals surface area (Å²) in [6, 6.07) is 11.8. The van der Waals surface area contributed by atoms with Crippen LogP contribution in [0.3, 0.4) is 0 Å². The molecule has 0 spiro atoms.